The van der Waals surface area contributed by atoms with Gasteiger partial charge in [-0.1, -0.05) is 5.92 Å². The van der Waals surface area contributed by atoms with Crippen molar-refractivity contribution in [2.45, 2.75) is 0 Å². The Balaban J connectivity index is 2.21. The van der Waals surface area contributed by atoms with E-state index in [2.05, 4.69) is 11.2 Å². The number of anilines is 1. The molecule has 0 saturated carbocycles. The molecule has 0 fully saturated rings. The van der Waals surface area contributed by atoms with Gasteiger partial charge in [0.2, 0.25) is 0 Å². The molecule has 4 heteroatoms. The summed E-state index contributed by atoms with van der Waals surface area (Å²) in [5.41, 5.74) is 0.612. The van der Waals surface area contributed by atoms with Crippen LogP contribution in [0.1, 0.15) is 0 Å². The van der Waals surface area contributed by atoms with Gasteiger partial charge in [-0.3, -0.25) is 4.79 Å². The molecule has 76 valence electrons. The van der Waals surface area contributed by atoms with Crippen LogP contribution in [0, 0.1) is 12.3 Å². The van der Waals surface area contributed by atoms with E-state index in [9.17, 15) is 4.79 Å². The topological polar surface area (TPSA) is 47.6 Å². The summed E-state index contributed by atoms with van der Waals surface area (Å²) in [7, 11) is 0. The normalized spacial score (nSPS) is 13.1. The predicted octanol–water partition coefficient (Wildman–Crippen LogP) is 1.03. The van der Waals surface area contributed by atoms with Gasteiger partial charge in [0, 0.05) is 6.07 Å². The molecule has 1 aliphatic rings. The molecule has 2 rings (SSSR count). The lowest BCUT2D eigenvalue weighted by atomic mass is 10.2. The van der Waals surface area contributed by atoms with E-state index in [-0.39, 0.29) is 19.1 Å². The van der Waals surface area contributed by atoms with Crippen molar-refractivity contribution in [3.8, 4) is 23.8 Å². The molecule has 1 aromatic carbocycles. The Kier molecular flexibility index (Phi) is 2.46. The van der Waals surface area contributed by atoms with E-state index in [1.807, 2.05) is 0 Å². The molecule has 1 aliphatic heterocycles. The van der Waals surface area contributed by atoms with Crippen molar-refractivity contribution >= 4 is 11.6 Å². The highest BCUT2D eigenvalue weighted by atomic mass is 16.5. The zero-order chi connectivity index (χ0) is 10.7. The van der Waals surface area contributed by atoms with Gasteiger partial charge in [-0.2, -0.15) is 0 Å². The fraction of sp³-hybridized carbons (Fsp3) is 0.182. The Morgan fingerprint density at radius 2 is 2.47 bits per heavy atom. The number of rotatable bonds is 2. The average Bonchev–Trinajstić information content (AvgIpc) is 2.25. The van der Waals surface area contributed by atoms with Gasteiger partial charge in [-0.25, -0.2) is 0 Å². The van der Waals surface area contributed by atoms with Crippen LogP contribution in [0.15, 0.2) is 18.2 Å². The van der Waals surface area contributed by atoms with Crippen molar-refractivity contribution in [3.05, 3.63) is 18.2 Å². The number of hydrogen-bond acceptors (Lipinski definition) is 3. The van der Waals surface area contributed by atoms with Crippen molar-refractivity contribution in [1.82, 2.24) is 0 Å². The second kappa shape index (κ2) is 3.93. The van der Waals surface area contributed by atoms with Gasteiger partial charge in [-0.05, 0) is 12.1 Å². The number of amides is 1. The smallest absolute Gasteiger partial charge is 0.262 e. The number of fused-ring (bicyclic) bond motifs is 1. The summed E-state index contributed by atoms with van der Waals surface area (Å²) in [5.74, 6) is 3.44. The number of carbonyl (C=O) groups is 1. The van der Waals surface area contributed by atoms with Crippen molar-refractivity contribution < 1.29 is 14.3 Å². The molecule has 0 bridgehead atoms. The minimum absolute atomic E-state index is 0.0531. The summed E-state index contributed by atoms with van der Waals surface area (Å²) in [5, 5.41) is 2.68. The van der Waals surface area contributed by atoms with E-state index >= 15 is 0 Å². The number of benzene rings is 1. The van der Waals surface area contributed by atoms with Crippen molar-refractivity contribution in [3.63, 3.8) is 0 Å². The Hall–Kier alpha value is -2.15. The molecule has 0 unspecified atom stereocenters. The second-order valence-corrected chi connectivity index (χ2v) is 2.99. The summed E-state index contributed by atoms with van der Waals surface area (Å²) in [6.07, 6.45) is 5.07. The lowest BCUT2D eigenvalue weighted by molar-refractivity contribution is -0.118. The molecule has 0 aliphatic carbocycles. The second-order valence-electron chi connectivity index (χ2n) is 2.99. The van der Waals surface area contributed by atoms with Gasteiger partial charge in [0.15, 0.2) is 6.61 Å². The van der Waals surface area contributed by atoms with E-state index in [1.54, 1.807) is 18.2 Å². The van der Waals surface area contributed by atoms with Gasteiger partial charge in [0.05, 0.1) is 5.69 Å². The van der Waals surface area contributed by atoms with Gasteiger partial charge in [-0.15, -0.1) is 6.42 Å². The van der Waals surface area contributed by atoms with Gasteiger partial charge < -0.3 is 14.8 Å². The van der Waals surface area contributed by atoms with Crippen LogP contribution in [0.5, 0.6) is 11.5 Å². The molecule has 1 heterocycles. The third-order valence-electron chi connectivity index (χ3n) is 1.91. The number of terminal acetylenes is 1. The maximum Gasteiger partial charge on any atom is 0.262 e. The van der Waals surface area contributed by atoms with Crippen LogP contribution in [0.3, 0.4) is 0 Å². The first-order valence-corrected chi connectivity index (χ1v) is 4.42. The summed E-state index contributed by atoms with van der Waals surface area (Å²) in [4.78, 5) is 11.0. The van der Waals surface area contributed by atoms with Gasteiger partial charge in [0.1, 0.15) is 18.1 Å². The third kappa shape index (κ3) is 2.02. The Morgan fingerprint density at radius 1 is 1.60 bits per heavy atom. The molecule has 15 heavy (non-hydrogen) atoms. The Morgan fingerprint density at radius 3 is 3.27 bits per heavy atom. The largest absolute Gasteiger partial charge is 0.482 e. The molecule has 0 aromatic heterocycles. The molecular formula is C11H9NO3. The van der Waals surface area contributed by atoms with Gasteiger partial charge >= 0.3 is 0 Å². The number of hydrogen-bond donors (Lipinski definition) is 1. The molecule has 4 nitrogen and oxygen atoms in total. The molecule has 0 spiro atoms. The van der Waals surface area contributed by atoms with Crippen molar-refractivity contribution in [1.29, 1.82) is 0 Å². The highest BCUT2D eigenvalue weighted by molar-refractivity contribution is 5.95. The highest BCUT2D eigenvalue weighted by Gasteiger charge is 2.15. The highest BCUT2D eigenvalue weighted by Crippen LogP contribution is 2.31. The van der Waals surface area contributed by atoms with Gasteiger partial charge in [0.25, 0.3) is 5.91 Å². The van der Waals surface area contributed by atoms with Crippen LogP contribution in [0.4, 0.5) is 5.69 Å². The predicted molar refractivity (Wildman–Crippen MR) is 54.9 cm³/mol. The first-order valence-electron chi connectivity index (χ1n) is 4.42. The molecule has 0 saturated heterocycles. The minimum atomic E-state index is -0.170. The summed E-state index contributed by atoms with van der Waals surface area (Å²) in [6.45, 7) is 0.255. The lowest BCUT2D eigenvalue weighted by Gasteiger charge is -2.18. The molecule has 0 radical (unpaired) electrons. The zero-order valence-corrected chi connectivity index (χ0v) is 7.95. The molecule has 1 N–H and O–H groups in total. The van der Waals surface area contributed by atoms with Crippen molar-refractivity contribution in [2.75, 3.05) is 18.5 Å². The molecule has 0 atom stereocenters. The van der Waals surface area contributed by atoms with E-state index in [4.69, 9.17) is 15.9 Å². The standard InChI is InChI=1S/C11H9NO3/c1-2-5-14-8-3-4-10-9(6-8)12-11(13)7-15-10/h1,3-4,6H,5,7H2,(H,12,13). The van der Waals surface area contributed by atoms with Crippen LogP contribution in [-0.4, -0.2) is 19.1 Å². The van der Waals surface area contributed by atoms with Crippen LogP contribution in [0.25, 0.3) is 0 Å². The van der Waals surface area contributed by atoms with E-state index in [1.165, 1.54) is 0 Å². The van der Waals surface area contributed by atoms with Crippen LogP contribution >= 0.6 is 0 Å². The molecule has 1 aromatic rings. The summed E-state index contributed by atoms with van der Waals surface area (Å²) < 4.78 is 10.4. The molecular weight excluding hydrogens is 194 g/mol. The summed E-state index contributed by atoms with van der Waals surface area (Å²) >= 11 is 0. The van der Waals surface area contributed by atoms with E-state index < -0.39 is 0 Å². The maximum absolute atomic E-state index is 11.0. The van der Waals surface area contributed by atoms with Crippen LogP contribution < -0.4 is 14.8 Å². The fourth-order valence-corrected chi connectivity index (χ4v) is 1.28. The van der Waals surface area contributed by atoms with Crippen molar-refractivity contribution in [2.24, 2.45) is 0 Å². The van der Waals surface area contributed by atoms with Crippen LogP contribution in [0.2, 0.25) is 0 Å². The number of ether oxygens (including phenoxy) is 2. The minimum Gasteiger partial charge on any atom is -0.482 e. The molecule has 1 amide bonds. The van der Waals surface area contributed by atoms with E-state index in [0.29, 0.717) is 17.2 Å². The monoisotopic (exact) mass is 203 g/mol. The number of carbonyl (C=O) groups excluding carboxylic acids is 1. The first kappa shape index (κ1) is 9.41. The average molecular weight is 203 g/mol. The van der Waals surface area contributed by atoms with E-state index in [0.717, 1.165) is 0 Å². The Bertz CT molecular complexity index is 434. The fourth-order valence-electron chi connectivity index (χ4n) is 1.28. The summed E-state index contributed by atoms with van der Waals surface area (Å²) in [6, 6.07) is 5.16. The zero-order valence-electron chi connectivity index (χ0n) is 7.95. The third-order valence-corrected chi connectivity index (χ3v) is 1.91. The quantitative estimate of drug-likeness (QED) is 0.730. The first-order chi connectivity index (χ1) is 7.29. The number of nitrogens with one attached hydrogen (secondary N) is 1. The Labute approximate surface area is 87.2 Å². The lowest BCUT2D eigenvalue weighted by Crippen LogP contribution is -2.25. The maximum atomic E-state index is 11.0. The SMILES string of the molecule is C#CCOc1ccc2c(c1)NC(=O)CO2. The van der Waals surface area contributed by atoms with Crippen LogP contribution in [-0.2, 0) is 4.79 Å².